The van der Waals surface area contributed by atoms with Crippen molar-refractivity contribution in [3.8, 4) is 17.2 Å². The number of hydrogen-bond acceptors (Lipinski definition) is 15. The number of hydrogen-bond donors (Lipinski definition) is 1. The lowest BCUT2D eigenvalue weighted by Gasteiger charge is -2.19. The highest BCUT2D eigenvalue weighted by Gasteiger charge is 2.30. The van der Waals surface area contributed by atoms with Crippen molar-refractivity contribution in [1.82, 2.24) is 0 Å². The highest BCUT2D eigenvalue weighted by atomic mass is 79.9. The van der Waals surface area contributed by atoms with Gasteiger partial charge in [0.25, 0.3) is 14.3 Å². The highest BCUT2D eigenvalue weighted by molar-refractivity contribution is 9.11. The van der Waals surface area contributed by atoms with E-state index in [1.54, 1.807) is 39.0 Å². The van der Waals surface area contributed by atoms with Gasteiger partial charge in [-0.15, -0.1) is 0 Å². The first-order valence-corrected chi connectivity index (χ1v) is 35.9. The van der Waals surface area contributed by atoms with Crippen LogP contribution in [0.2, 0.25) is 0 Å². The maximum absolute atomic E-state index is 13.5. The van der Waals surface area contributed by atoms with E-state index in [1.807, 2.05) is 62.3 Å². The van der Waals surface area contributed by atoms with Crippen LogP contribution in [0.5, 0.6) is 17.2 Å². The summed E-state index contributed by atoms with van der Waals surface area (Å²) in [6, 6.07) is 20.3. The number of ether oxygens (including phenoxy) is 3. The molecular formula is C55H69Br3Cl2F2O16S5. The summed E-state index contributed by atoms with van der Waals surface area (Å²) in [6.07, 6.45) is 0. The van der Waals surface area contributed by atoms with Crippen LogP contribution in [0.3, 0.4) is 0 Å². The molecule has 464 valence electrons. The van der Waals surface area contributed by atoms with Crippen LogP contribution in [0.4, 0.5) is 8.78 Å². The van der Waals surface area contributed by atoms with Gasteiger partial charge in [0.05, 0.1) is 49.9 Å². The Morgan fingerprint density at radius 1 is 0.434 bits per heavy atom. The van der Waals surface area contributed by atoms with Crippen molar-refractivity contribution in [1.29, 1.82) is 0 Å². The minimum atomic E-state index is -3.97. The minimum absolute atomic E-state index is 0.00782. The van der Waals surface area contributed by atoms with Gasteiger partial charge in [-0.3, -0.25) is 4.79 Å². The zero-order valence-electron chi connectivity index (χ0n) is 48.2. The minimum Gasteiger partial charge on any atom is -0.495 e. The molecule has 0 aliphatic heterocycles. The van der Waals surface area contributed by atoms with Gasteiger partial charge in [-0.25, -0.2) is 55.7 Å². The Hall–Kier alpha value is -3.73. The number of carbonyl (C=O) groups is 2. The lowest BCUT2D eigenvalue weighted by atomic mass is 10.0. The van der Waals surface area contributed by atoms with E-state index in [-0.39, 0.29) is 76.0 Å². The fourth-order valence-corrected chi connectivity index (χ4v) is 17.0. The molecular weight excluding hydrogens is 1430 g/mol. The van der Waals surface area contributed by atoms with Crippen molar-refractivity contribution >= 4 is 130 Å². The van der Waals surface area contributed by atoms with E-state index < -0.39 is 87.0 Å². The molecule has 0 amide bonds. The zero-order chi connectivity index (χ0) is 64.9. The number of carbonyl (C=O) groups excluding carboxylic acids is 1. The topological polar surface area (TPSA) is 253 Å². The maximum atomic E-state index is 13.5. The molecule has 28 heteroatoms. The Balaban J connectivity index is 0.000000523. The van der Waals surface area contributed by atoms with E-state index in [4.69, 9.17) is 41.6 Å². The van der Waals surface area contributed by atoms with Crippen LogP contribution >= 0.6 is 70.1 Å². The summed E-state index contributed by atoms with van der Waals surface area (Å²) in [7, 11) is -8.79. The molecule has 0 aliphatic rings. The summed E-state index contributed by atoms with van der Waals surface area (Å²) in [5.74, 6) is -2.15. The lowest BCUT2D eigenvalue weighted by molar-refractivity contribution is 0.0695. The maximum Gasteiger partial charge on any atom is 0.335 e. The second kappa shape index (κ2) is 30.8. The van der Waals surface area contributed by atoms with Crippen molar-refractivity contribution in [3.63, 3.8) is 0 Å². The molecule has 0 spiro atoms. The Bertz CT molecular complexity index is 3580. The average Bonchev–Trinajstić information content (AvgIpc) is 3.28. The Morgan fingerprint density at radius 3 is 0.964 bits per heavy atom. The van der Waals surface area contributed by atoms with Crippen LogP contribution < -0.4 is 14.2 Å². The fraction of sp³-hybridized carbons (Fsp3) is 0.418. The molecule has 5 aromatic rings. The summed E-state index contributed by atoms with van der Waals surface area (Å²) >= 11 is 14.7. The number of rotatable bonds is 14. The van der Waals surface area contributed by atoms with Crippen LogP contribution in [0.25, 0.3) is 0 Å². The molecule has 0 unspecified atom stereocenters. The molecule has 0 fully saturated rings. The normalized spacial score (nSPS) is 12.3. The van der Waals surface area contributed by atoms with Crippen LogP contribution in [0.1, 0.15) is 104 Å². The first kappa shape index (κ1) is 77.3. The largest absolute Gasteiger partial charge is 0.495 e. The van der Waals surface area contributed by atoms with E-state index in [1.165, 1.54) is 75.9 Å². The van der Waals surface area contributed by atoms with Gasteiger partial charge >= 0.3 is 5.97 Å². The second-order valence-electron chi connectivity index (χ2n) is 23.0. The molecule has 0 bridgehead atoms. The van der Waals surface area contributed by atoms with E-state index in [0.29, 0.717) is 14.7 Å². The van der Waals surface area contributed by atoms with Gasteiger partial charge in [-0.2, -0.15) is 0 Å². The molecule has 0 aromatic heterocycles. The number of carboxylic acids is 1. The molecule has 0 saturated heterocycles. The summed E-state index contributed by atoms with van der Waals surface area (Å²) in [6.45, 7) is 22.1. The first-order valence-electron chi connectivity index (χ1n) is 24.2. The van der Waals surface area contributed by atoms with Crippen molar-refractivity contribution < 1.29 is 79.8 Å². The average molecular weight is 1500 g/mol. The van der Waals surface area contributed by atoms with Crippen molar-refractivity contribution in [2.75, 3.05) is 44.3 Å². The van der Waals surface area contributed by atoms with E-state index >= 15 is 0 Å². The van der Waals surface area contributed by atoms with Crippen LogP contribution in [-0.4, -0.2) is 103 Å². The van der Waals surface area contributed by atoms with Gasteiger partial charge in [0.2, 0.25) is 0 Å². The number of methoxy groups -OCH3 is 3. The Labute approximate surface area is 522 Å². The van der Waals surface area contributed by atoms with Gasteiger partial charge in [0.1, 0.15) is 53.4 Å². The molecule has 5 rings (SSSR count). The molecule has 5 aromatic carbocycles. The van der Waals surface area contributed by atoms with Crippen LogP contribution in [-0.2, 0) is 48.4 Å². The molecule has 83 heavy (non-hydrogen) atoms. The number of sulfone groups is 4. The summed E-state index contributed by atoms with van der Waals surface area (Å²) in [5.41, 5.74) is -1.24. The van der Waals surface area contributed by atoms with Gasteiger partial charge < -0.3 is 19.3 Å². The molecule has 0 heterocycles. The number of halogens is 7. The van der Waals surface area contributed by atoms with Crippen LogP contribution in [0.15, 0.2) is 129 Å². The molecule has 0 aliphatic carbocycles. The SMILES string of the molecule is CC(C)(C)CS(=O)(=O)c1ccc(Br)cc1F.COc1cc(Br)ccc1S(=O)(=O)CC(C)(C)C.COc1cc(C(=O)Cl)ccc1S(=O)(=O)CC(C)(C)C.COc1cc(C(=O)O)ccc1S(=O)(=O)CC(C)(C)C.O=S(=O)(Cl)c1ccc(Br)cc1F. The van der Waals surface area contributed by atoms with Crippen molar-refractivity contribution in [2.45, 2.75) is 108 Å². The quantitative estimate of drug-likeness (QED) is 0.101. The third kappa shape index (κ3) is 27.2. The first-order chi connectivity index (χ1) is 37.3. The number of benzene rings is 5. The van der Waals surface area contributed by atoms with E-state index in [9.17, 15) is 60.5 Å². The zero-order valence-corrected chi connectivity index (χ0v) is 58.6. The molecule has 1 N–H and O–H groups in total. The van der Waals surface area contributed by atoms with E-state index in [2.05, 4.69) is 47.8 Å². The summed E-state index contributed by atoms with van der Waals surface area (Å²) < 4.78 is 162. The highest BCUT2D eigenvalue weighted by Crippen LogP contribution is 2.34. The van der Waals surface area contributed by atoms with Crippen molar-refractivity contribution in [2.24, 2.45) is 21.7 Å². The predicted molar refractivity (Wildman–Crippen MR) is 331 cm³/mol. The van der Waals surface area contributed by atoms with Gasteiger partial charge in [-0.05, 0) is 124 Å². The smallest absolute Gasteiger partial charge is 0.335 e. The number of aromatic carboxylic acids is 1. The number of carboxylic acid groups (broad SMARTS) is 1. The molecule has 16 nitrogen and oxygen atoms in total. The van der Waals surface area contributed by atoms with Gasteiger partial charge in [-0.1, -0.05) is 131 Å². The fourth-order valence-electron chi connectivity index (χ4n) is 6.99. The predicted octanol–water partition coefficient (Wildman–Crippen LogP) is 14.3. The molecule has 0 saturated carbocycles. The molecule has 0 radical (unpaired) electrons. The van der Waals surface area contributed by atoms with Crippen molar-refractivity contribution in [3.05, 3.63) is 127 Å². The van der Waals surface area contributed by atoms with Gasteiger partial charge in [0, 0.05) is 29.7 Å². The Morgan fingerprint density at radius 2 is 0.687 bits per heavy atom. The second-order valence-corrected chi connectivity index (χ2v) is 36.4. The standard InChI is InChI=1S/C13H17ClO4S.C13H18O5S.C12H17BrO3S.C11H14BrFO2S.C6H3BrClFO2S/c2*1-13(2,3)8-19(16,17)11-6-5-9(12(14)15)7-10(11)18-4;1-12(2,3)8-17(14,15)11-6-5-9(13)7-10(11)16-4;1-11(2,3)7-16(14,15)10-5-4-8(12)6-9(10)13;7-4-1-2-6(5(9)3-4)12(8,10)11/h5-7H,8H2,1-4H3;5-7H,8H2,1-4H3,(H,14,15);5-7H,8H2,1-4H3;4-6H,7H2,1-3H3;1-3H. The molecule has 0 atom stereocenters. The monoisotopic (exact) mass is 1490 g/mol. The third-order valence-corrected chi connectivity index (χ3v) is 21.9. The van der Waals surface area contributed by atoms with Crippen LogP contribution in [0, 0.1) is 33.3 Å². The Kier molecular flexibility index (Phi) is 28.6. The summed E-state index contributed by atoms with van der Waals surface area (Å²) in [5, 5.41) is 8.23. The van der Waals surface area contributed by atoms with E-state index in [0.717, 1.165) is 22.7 Å². The lowest BCUT2D eigenvalue weighted by Crippen LogP contribution is -2.21. The third-order valence-electron chi connectivity index (χ3n) is 9.81. The van der Waals surface area contributed by atoms with Gasteiger partial charge in [0.15, 0.2) is 39.3 Å². The summed E-state index contributed by atoms with van der Waals surface area (Å²) in [4.78, 5) is 21.5.